The van der Waals surface area contributed by atoms with Gasteiger partial charge in [-0.1, -0.05) is 221 Å². The number of rotatable bonds is 41. The molecule has 0 aromatic carbocycles. The van der Waals surface area contributed by atoms with Crippen LogP contribution in [0.2, 0.25) is 0 Å². The van der Waals surface area contributed by atoms with Crippen LogP contribution in [0.25, 0.3) is 0 Å². The summed E-state index contributed by atoms with van der Waals surface area (Å²) in [6, 6.07) is -0.626. The van der Waals surface area contributed by atoms with E-state index in [1.807, 2.05) is 6.08 Å². The van der Waals surface area contributed by atoms with E-state index in [0.29, 0.717) is 6.42 Å². The lowest BCUT2D eigenvalue weighted by Gasteiger charge is -2.20. The van der Waals surface area contributed by atoms with Crippen LogP contribution in [-0.4, -0.2) is 34.9 Å². The van der Waals surface area contributed by atoms with Crippen LogP contribution in [0.3, 0.4) is 0 Å². The summed E-state index contributed by atoms with van der Waals surface area (Å²) in [4.78, 5) is 12.4. The Labute approximate surface area is 341 Å². The summed E-state index contributed by atoms with van der Waals surface area (Å²) in [5.41, 5.74) is 0. The monoisotopic (exact) mass is 764 g/mol. The molecule has 1 amide bonds. The lowest BCUT2D eigenvalue weighted by atomic mass is 10.0. The number of aliphatic hydroxyl groups is 2. The number of carbonyl (C=O) groups is 1. The average molecular weight is 764 g/mol. The largest absolute Gasteiger partial charge is 0.394 e. The third-order valence-corrected chi connectivity index (χ3v) is 10.1. The molecule has 0 saturated carbocycles. The molecule has 0 heterocycles. The molecule has 0 aromatic heterocycles. The Balaban J connectivity index is 3.56. The second-order valence-corrected chi connectivity index (χ2v) is 15.4. The zero-order valence-corrected chi connectivity index (χ0v) is 36.2. The molecule has 3 N–H and O–H groups in total. The minimum Gasteiger partial charge on any atom is -0.394 e. The molecule has 0 aliphatic rings. The van der Waals surface area contributed by atoms with Gasteiger partial charge < -0.3 is 15.5 Å². The minimum atomic E-state index is -0.842. The lowest BCUT2D eigenvalue weighted by molar-refractivity contribution is -0.123. The van der Waals surface area contributed by atoms with Gasteiger partial charge >= 0.3 is 0 Å². The third-order valence-electron chi connectivity index (χ3n) is 10.1. The van der Waals surface area contributed by atoms with Gasteiger partial charge in [-0.3, -0.25) is 4.79 Å². The average Bonchev–Trinajstić information content (AvgIpc) is 3.19. The Morgan fingerprint density at radius 3 is 1.20 bits per heavy atom. The smallest absolute Gasteiger partial charge is 0.220 e. The van der Waals surface area contributed by atoms with Crippen LogP contribution in [0.15, 0.2) is 85.1 Å². The van der Waals surface area contributed by atoms with Crippen LogP contribution in [-0.2, 0) is 4.79 Å². The first-order chi connectivity index (χ1) is 27.2. The predicted molar refractivity (Wildman–Crippen MR) is 243 cm³/mol. The Morgan fingerprint density at radius 1 is 0.455 bits per heavy atom. The van der Waals surface area contributed by atoms with E-state index in [-0.39, 0.29) is 12.5 Å². The van der Waals surface area contributed by atoms with Gasteiger partial charge in [0.05, 0.1) is 18.8 Å². The van der Waals surface area contributed by atoms with E-state index in [0.717, 1.165) is 64.2 Å². The highest BCUT2D eigenvalue weighted by molar-refractivity contribution is 5.76. The molecule has 0 aromatic rings. The van der Waals surface area contributed by atoms with E-state index in [1.165, 1.54) is 128 Å². The van der Waals surface area contributed by atoms with E-state index in [1.54, 1.807) is 6.08 Å². The van der Waals surface area contributed by atoms with Crippen molar-refractivity contribution in [2.24, 2.45) is 0 Å². The number of allylic oxidation sites excluding steroid dienone is 13. The molecule has 0 radical (unpaired) electrons. The van der Waals surface area contributed by atoms with Crippen molar-refractivity contribution in [3.63, 3.8) is 0 Å². The summed E-state index contributed by atoms with van der Waals surface area (Å²) in [5, 5.41) is 23.0. The molecule has 2 atom stereocenters. The number of aliphatic hydroxyl groups excluding tert-OH is 2. The van der Waals surface area contributed by atoms with Gasteiger partial charge in [0.25, 0.3) is 0 Å². The van der Waals surface area contributed by atoms with Gasteiger partial charge in [0.1, 0.15) is 0 Å². The molecule has 0 aliphatic carbocycles. The first-order valence-corrected chi connectivity index (χ1v) is 23.3. The fraction of sp³-hybridized carbons (Fsp3) is 0.706. The molecule has 316 valence electrons. The van der Waals surface area contributed by atoms with Crippen LogP contribution in [0, 0.1) is 0 Å². The maximum Gasteiger partial charge on any atom is 0.220 e. The molecule has 4 heteroatoms. The van der Waals surface area contributed by atoms with Crippen molar-refractivity contribution in [2.45, 2.75) is 225 Å². The zero-order valence-electron chi connectivity index (χ0n) is 36.2. The maximum absolute atomic E-state index is 12.4. The highest BCUT2D eigenvalue weighted by Gasteiger charge is 2.17. The van der Waals surface area contributed by atoms with E-state index < -0.39 is 12.1 Å². The van der Waals surface area contributed by atoms with Crippen LogP contribution < -0.4 is 5.32 Å². The van der Waals surface area contributed by atoms with Gasteiger partial charge in [-0.05, 0) is 70.6 Å². The standard InChI is InChI=1S/C51H89NO3/c1-3-5-7-9-11-13-15-17-18-19-20-21-22-23-24-25-26-27-28-29-30-31-32-33-34-35-37-39-41-43-45-47-51(55)52-49(48-53)50(54)46-44-42-40-38-36-16-14-12-10-8-6-4-2/h5,7,11,13,17-18,20-21,23-24,26-27,44,46,49-50,53-54H,3-4,6,8-10,12,14-16,19,22,25,28-43,45,47-48H2,1-2H3,(H,52,55)/b7-5-,13-11-,18-17-,21-20-,24-23-,27-26-,46-44+. The van der Waals surface area contributed by atoms with Crippen LogP contribution in [0.4, 0.5) is 0 Å². The molecule has 4 nitrogen and oxygen atoms in total. The number of amides is 1. The number of unbranched alkanes of at least 4 members (excludes halogenated alkanes) is 22. The van der Waals surface area contributed by atoms with Gasteiger partial charge in [-0.25, -0.2) is 0 Å². The summed E-state index contributed by atoms with van der Waals surface area (Å²) in [6.07, 6.45) is 67.0. The van der Waals surface area contributed by atoms with Crippen molar-refractivity contribution in [3.8, 4) is 0 Å². The third kappa shape index (κ3) is 42.6. The van der Waals surface area contributed by atoms with Gasteiger partial charge in [0.2, 0.25) is 5.91 Å². The zero-order chi connectivity index (χ0) is 40.0. The second kappa shape index (κ2) is 46.0. The number of hydrogen-bond donors (Lipinski definition) is 3. The van der Waals surface area contributed by atoms with Gasteiger partial charge in [0, 0.05) is 6.42 Å². The fourth-order valence-corrected chi connectivity index (χ4v) is 6.59. The highest BCUT2D eigenvalue weighted by Crippen LogP contribution is 2.14. The van der Waals surface area contributed by atoms with Crippen LogP contribution >= 0.6 is 0 Å². The Hall–Kier alpha value is -2.43. The Morgan fingerprint density at radius 2 is 0.800 bits per heavy atom. The highest BCUT2D eigenvalue weighted by atomic mass is 16.3. The van der Waals surface area contributed by atoms with Gasteiger partial charge in [-0.15, -0.1) is 0 Å². The van der Waals surface area contributed by atoms with Crippen molar-refractivity contribution >= 4 is 5.91 Å². The summed E-state index contributed by atoms with van der Waals surface area (Å²) < 4.78 is 0. The molecular weight excluding hydrogens is 675 g/mol. The van der Waals surface area contributed by atoms with E-state index in [9.17, 15) is 15.0 Å². The molecule has 0 saturated heterocycles. The predicted octanol–water partition coefficient (Wildman–Crippen LogP) is 14.9. The first kappa shape index (κ1) is 52.6. The molecule has 0 rings (SSSR count). The quantitative estimate of drug-likeness (QED) is 0.0429. The van der Waals surface area contributed by atoms with Crippen molar-refractivity contribution in [1.29, 1.82) is 0 Å². The van der Waals surface area contributed by atoms with Crippen molar-refractivity contribution in [2.75, 3.05) is 6.61 Å². The van der Waals surface area contributed by atoms with Crippen LogP contribution in [0.5, 0.6) is 0 Å². The van der Waals surface area contributed by atoms with Crippen molar-refractivity contribution < 1.29 is 15.0 Å². The fourth-order valence-electron chi connectivity index (χ4n) is 6.59. The van der Waals surface area contributed by atoms with Gasteiger partial charge in [0.15, 0.2) is 0 Å². The van der Waals surface area contributed by atoms with Crippen molar-refractivity contribution in [3.05, 3.63) is 85.1 Å². The molecular formula is C51H89NO3. The van der Waals surface area contributed by atoms with Gasteiger partial charge in [-0.2, -0.15) is 0 Å². The Bertz CT molecular complexity index is 1000. The molecule has 2 unspecified atom stereocenters. The van der Waals surface area contributed by atoms with E-state index in [4.69, 9.17) is 0 Å². The molecule has 0 spiro atoms. The topological polar surface area (TPSA) is 69.6 Å². The van der Waals surface area contributed by atoms with Crippen LogP contribution in [0.1, 0.15) is 213 Å². The first-order valence-electron chi connectivity index (χ1n) is 23.3. The SMILES string of the molecule is CC/C=C\C/C=C\C/C=C\C/C=C\C/C=C\C/C=C\CCCCCCCCCCCCCCC(=O)NC(CO)C(O)/C=C/CCCCCCCCCCCC. The minimum absolute atomic E-state index is 0.0708. The number of nitrogens with one attached hydrogen (secondary N) is 1. The normalized spacial score (nSPS) is 13.7. The molecule has 0 aliphatic heterocycles. The number of carbonyl (C=O) groups excluding carboxylic acids is 1. The van der Waals surface area contributed by atoms with E-state index >= 15 is 0 Å². The lowest BCUT2D eigenvalue weighted by Crippen LogP contribution is -2.45. The maximum atomic E-state index is 12.4. The second-order valence-electron chi connectivity index (χ2n) is 15.4. The summed E-state index contributed by atoms with van der Waals surface area (Å²) >= 11 is 0. The van der Waals surface area contributed by atoms with E-state index in [2.05, 4.69) is 92.1 Å². The molecule has 0 bridgehead atoms. The van der Waals surface area contributed by atoms with Crippen molar-refractivity contribution in [1.82, 2.24) is 5.32 Å². The number of hydrogen-bond acceptors (Lipinski definition) is 3. The summed E-state index contributed by atoms with van der Waals surface area (Å²) in [6.45, 7) is 4.18. The summed E-state index contributed by atoms with van der Waals surface area (Å²) in [7, 11) is 0. The molecule has 55 heavy (non-hydrogen) atoms. The Kier molecular flexibility index (Phi) is 43.9. The summed E-state index contributed by atoms with van der Waals surface area (Å²) in [5.74, 6) is -0.0708. The molecule has 0 fully saturated rings.